The van der Waals surface area contributed by atoms with Crippen LogP contribution in [-0.4, -0.2) is 0 Å². The van der Waals surface area contributed by atoms with Crippen LogP contribution in [0, 0.1) is 13.8 Å². The maximum atomic E-state index is 2.43. The predicted molar refractivity (Wildman–Crippen MR) is 347 cm³/mol. The molecule has 81 heavy (non-hydrogen) atoms. The Morgan fingerprint density at radius 1 is 0.198 bits per heavy atom. The van der Waals surface area contributed by atoms with Gasteiger partial charge in [-0.2, -0.15) is 0 Å². The molecule has 0 N–H and O–H groups in total. The Labute approximate surface area is 474 Å². The monoisotopic (exact) mass is 1030 g/mol. The lowest BCUT2D eigenvalue weighted by molar-refractivity contribution is 0.661. The smallest absolute Gasteiger partial charge is 0.0159 e. The number of aryl methyl sites for hydroxylation is 2. The molecular formula is C81H58. The van der Waals surface area contributed by atoms with Crippen LogP contribution in [0.1, 0.15) is 36.1 Å². The Morgan fingerprint density at radius 3 is 0.617 bits per heavy atom. The van der Waals surface area contributed by atoms with E-state index < -0.39 is 0 Å². The van der Waals surface area contributed by atoms with Crippen LogP contribution in [0.15, 0.2) is 279 Å². The van der Waals surface area contributed by atoms with Crippen LogP contribution in [0.2, 0.25) is 0 Å². The summed E-state index contributed by atoms with van der Waals surface area (Å²) in [7, 11) is 0. The third kappa shape index (κ3) is 8.12. The molecule has 0 heteroatoms. The van der Waals surface area contributed by atoms with Gasteiger partial charge in [-0.05, 0) is 191 Å². The second-order valence-electron chi connectivity index (χ2n) is 22.8. The summed E-state index contributed by atoms with van der Waals surface area (Å²) >= 11 is 0. The van der Waals surface area contributed by atoms with Gasteiger partial charge in [0.1, 0.15) is 0 Å². The molecule has 0 nitrogen and oxygen atoms in total. The van der Waals surface area contributed by atoms with Gasteiger partial charge in [-0.15, -0.1) is 0 Å². The lowest BCUT2D eigenvalue weighted by atomic mass is 9.80. The van der Waals surface area contributed by atoms with Crippen LogP contribution >= 0.6 is 0 Å². The summed E-state index contributed by atoms with van der Waals surface area (Å²) in [6.45, 7) is 9.25. The molecule has 0 radical (unpaired) electrons. The van der Waals surface area contributed by atoms with Gasteiger partial charge in [0.2, 0.25) is 0 Å². The summed E-state index contributed by atoms with van der Waals surface area (Å²) in [5.41, 5.74) is 27.7. The largest absolute Gasteiger partial charge is 0.0616 e. The minimum atomic E-state index is -0.145. The fourth-order valence-electron chi connectivity index (χ4n) is 13.5. The Kier molecular flexibility index (Phi) is 11.4. The molecule has 1 aliphatic carbocycles. The molecule has 0 saturated carbocycles. The number of hydrogen-bond donors (Lipinski definition) is 0. The van der Waals surface area contributed by atoms with E-state index in [1.807, 2.05) is 0 Å². The molecular weight excluding hydrogens is 973 g/mol. The predicted octanol–water partition coefficient (Wildman–Crippen LogP) is 22.6. The highest BCUT2D eigenvalue weighted by molar-refractivity contribution is 6.16. The standard InChI is InChI=1S/C81H58/c1-51-67-13-5-9-17-73(67)79(74-18-10-6-14-68(51)74)63-41-37-59(38-42-63)55-25-21-53(22-26-55)57-29-33-61(34-30-57)65-45-47-71-72-48-46-66(50-78(72)81(3,4)77(71)49-65)62-35-31-58(32-36-62)54-23-27-56(28-24-54)60-39-43-64(44-40-60)80-75-19-11-7-15-69(75)52(2)70-16-8-12-20-76(70)80/h5-50H,1-4H3. The molecule has 14 aromatic rings. The summed E-state index contributed by atoms with van der Waals surface area (Å²) < 4.78 is 0. The first kappa shape index (κ1) is 48.3. The zero-order chi connectivity index (χ0) is 54.3. The van der Waals surface area contributed by atoms with Crippen molar-refractivity contribution in [2.24, 2.45) is 0 Å². The number of rotatable bonds is 8. The van der Waals surface area contributed by atoms with Crippen molar-refractivity contribution in [1.82, 2.24) is 0 Å². The van der Waals surface area contributed by atoms with Crippen molar-refractivity contribution in [2.75, 3.05) is 0 Å². The van der Waals surface area contributed by atoms with Gasteiger partial charge in [-0.3, -0.25) is 0 Å². The molecule has 0 saturated heterocycles. The average molecular weight is 1030 g/mol. The van der Waals surface area contributed by atoms with Gasteiger partial charge < -0.3 is 0 Å². The number of hydrogen-bond acceptors (Lipinski definition) is 0. The van der Waals surface area contributed by atoms with E-state index in [0.717, 1.165) is 0 Å². The second kappa shape index (κ2) is 19.2. The van der Waals surface area contributed by atoms with Crippen molar-refractivity contribution in [3.63, 3.8) is 0 Å². The van der Waals surface area contributed by atoms with Crippen LogP contribution in [0.5, 0.6) is 0 Å². The second-order valence-corrected chi connectivity index (χ2v) is 22.8. The van der Waals surface area contributed by atoms with Crippen molar-refractivity contribution >= 4 is 43.1 Å². The van der Waals surface area contributed by atoms with E-state index in [4.69, 9.17) is 0 Å². The Hall–Kier alpha value is -9.88. The molecule has 0 aliphatic heterocycles. The van der Waals surface area contributed by atoms with E-state index >= 15 is 0 Å². The van der Waals surface area contributed by atoms with Gasteiger partial charge in [0.25, 0.3) is 0 Å². The first-order valence-corrected chi connectivity index (χ1v) is 28.5. The number of benzene rings is 14. The van der Waals surface area contributed by atoms with Gasteiger partial charge in [0.15, 0.2) is 0 Å². The van der Waals surface area contributed by atoms with Crippen molar-refractivity contribution in [2.45, 2.75) is 33.1 Å². The molecule has 1 aliphatic rings. The van der Waals surface area contributed by atoms with Gasteiger partial charge in [0, 0.05) is 5.41 Å². The molecule has 0 amide bonds. The molecule has 0 heterocycles. The molecule has 382 valence electrons. The van der Waals surface area contributed by atoms with E-state index in [-0.39, 0.29) is 5.41 Å². The van der Waals surface area contributed by atoms with Crippen LogP contribution in [0.25, 0.3) is 143 Å². The maximum absolute atomic E-state index is 2.43. The minimum Gasteiger partial charge on any atom is -0.0616 e. The van der Waals surface area contributed by atoms with Gasteiger partial charge in [0.05, 0.1) is 0 Å². The van der Waals surface area contributed by atoms with Gasteiger partial charge in [-0.1, -0.05) is 281 Å². The van der Waals surface area contributed by atoms with E-state index in [1.165, 1.54) is 165 Å². The van der Waals surface area contributed by atoms with Crippen molar-refractivity contribution < 1.29 is 0 Å². The topological polar surface area (TPSA) is 0 Å². The van der Waals surface area contributed by atoms with Crippen molar-refractivity contribution in [3.8, 4) is 100 Å². The third-order valence-electron chi connectivity index (χ3n) is 18.0. The van der Waals surface area contributed by atoms with E-state index in [0.29, 0.717) is 0 Å². The summed E-state index contributed by atoms with van der Waals surface area (Å²) in [5, 5.41) is 10.5. The fourth-order valence-corrected chi connectivity index (χ4v) is 13.5. The maximum Gasteiger partial charge on any atom is 0.0159 e. The summed E-state index contributed by atoms with van der Waals surface area (Å²) in [4.78, 5) is 0. The van der Waals surface area contributed by atoms with Crippen molar-refractivity contribution in [3.05, 3.63) is 301 Å². The van der Waals surface area contributed by atoms with E-state index in [9.17, 15) is 0 Å². The van der Waals surface area contributed by atoms with E-state index in [2.05, 4.69) is 307 Å². The van der Waals surface area contributed by atoms with Crippen LogP contribution in [0.4, 0.5) is 0 Å². The molecule has 0 fully saturated rings. The Bertz CT molecular complexity index is 4340. The Morgan fingerprint density at radius 2 is 0.383 bits per heavy atom. The average Bonchev–Trinajstić information content (AvgIpc) is 3.83. The molecule has 0 unspecified atom stereocenters. The lowest BCUT2D eigenvalue weighted by Gasteiger charge is -2.22. The molecule has 0 atom stereocenters. The fraction of sp³-hybridized carbons (Fsp3) is 0.0617. The first-order valence-electron chi connectivity index (χ1n) is 28.5. The van der Waals surface area contributed by atoms with Crippen molar-refractivity contribution in [1.29, 1.82) is 0 Å². The summed E-state index contributed by atoms with van der Waals surface area (Å²) in [6, 6.07) is 104. The molecule has 15 rings (SSSR count). The van der Waals surface area contributed by atoms with Crippen LogP contribution in [-0.2, 0) is 5.41 Å². The van der Waals surface area contributed by atoms with Crippen LogP contribution in [0.3, 0.4) is 0 Å². The quantitative estimate of drug-likeness (QED) is 0.133. The first-order chi connectivity index (χ1) is 39.7. The summed E-state index contributed by atoms with van der Waals surface area (Å²) in [5.74, 6) is 0. The normalized spacial score (nSPS) is 12.5. The SMILES string of the molecule is Cc1c2ccccc2c(-c2ccc(-c3ccc(-c4ccc(-c5ccc6c(c5)C(C)(C)c5cc(-c7ccc(-c8ccc(-c9ccc(-c%10c%11ccccc%11c(C)c%11ccccc%10%11)cc9)cc8)cc7)ccc5-6)cc4)cc3)cc2)c2ccccc12. The summed E-state index contributed by atoms with van der Waals surface area (Å²) in [6.07, 6.45) is 0. The number of fused-ring (bicyclic) bond motifs is 7. The molecule has 0 bridgehead atoms. The van der Waals surface area contributed by atoms with Crippen LogP contribution < -0.4 is 0 Å². The van der Waals surface area contributed by atoms with Gasteiger partial charge >= 0.3 is 0 Å². The zero-order valence-electron chi connectivity index (χ0n) is 46.1. The minimum absolute atomic E-state index is 0.145. The van der Waals surface area contributed by atoms with E-state index in [1.54, 1.807) is 0 Å². The molecule has 14 aromatic carbocycles. The molecule has 0 aromatic heterocycles. The third-order valence-corrected chi connectivity index (χ3v) is 18.0. The van der Waals surface area contributed by atoms with Gasteiger partial charge in [-0.25, -0.2) is 0 Å². The molecule has 0 spiro atoms. The highest BCUT2D eigenvalue weighted by atomic mass is 14.4. The zero-order valence-corrected chi connectivity index (χ0v) is 46.1. The Balaban J connectivity index is 0.624. The highest BCUT2D eigenvalue weighted by Crippen LogP contribution is 2.51. The highest BCUT2D eigenvalue weighted by Gasteiger charge is 2.36. The lowest BCUT2D eigenvalue weighted by Crippen LogP contribution is -2.15.